The Hall–Kier alpha value is -1.37. The van der Waals surface area contributed by atoms with E-state index in [0.29, 0.717) is 11.7 Å². The highest BCUT2D eigenvalue weighted by molar-refractivity contribution is 6.05. The number of carbonyl (C=O) groups excluding carboxylic acids is 1. The summed E-state index contributed by atoms with van der Waals surface area (Å²) >= 11 is 0. The van der Waals surface area contributed by atoms with Gasteiger partial charge in [-0.15, -0.1) is 0 Å². The zero-order chi connectivity index (χ0) is 11.9. The van der Waals surface area contributed by atoms with Crippen molar-refractivity contribution < 1.29 is 4.79 Å². The minimum Gasteiger partial charge on any atom is -0.294 e. The summed E-state index contributed by atoms with van der Waals surface area (Å²) < 4.78 is 0. The van der Waals surface area contributed by atoms with Gasteiger partial charge in [0.1, 0.15) is 0 Å². The van der Waals surface area contributed by atoms with Gasteiger partial charge in [0.25, 0.3) is 0 Å². The molecule has 0 heterocycles. The van der Waals surface area contributed by atoms with Gasteiger partial charge in [0.05, 0.1) is 5.41 Å². The summed E-state index contributed by atoms with van der Waals surface area (Å²) in [6.07, 6.45) is 8.31. The average Bonchev–Trinajstić information content (AvgIpc) is 2.79. The quantitative estimate of drug-likeness (QED) is 0.713. The lowest BCUT2D eigenvalue weighted by molar-refractivity contribution is -0.121. The Kier molecular flexibility index (Phi) is 2.43. The number of rotatable bonds is 1. The van der Waals surface area contributed by atoms with E-state index in [0.717, 1.165) is 12.8 Å². The molecule has 2 atom stereocenters. The third-order valence-electron chi connectivity index (χ3n) is 4.61. The molecule has 1 heteroatoms. The van der Waals surface area contributed by atoms with Gasteiger partial charge in [0, 0.05) is 0 Å². The number of carbonyl (C=O) groups is 1. The highest BCUT2D eigenvalue weighted by Crippen LogP contribution is 2.50. The molecule has 1 spiro atoms. The zero-order valence-electron chi connectivity index (χ0n) is 10.3. The minimum absolute atomic E-state index is 0.194. The number of ketones is 1. The zero-order valence-corrected chi connectivity index (χ0v) is 10.3. The first-order valence-corrected chi connectivity index (χ1v) is 6.61. The molecule has 0 N–H and O–H groups in total. The van der Waals surface area contributed by atoms with Gasteiger partial charge in [-0.25, -0.2) is 0 Å². The van der Waals surface area contributed by atoms with Crippen molar-refractivity contribution in [1.29, 1.82) is 0 Å². The molecule has 0 aliphatic heterocycles. The smallest absolute Gasteiger partial charge is 0.166 e. The lowest BCUT2D eigenvalue weighted by Crippen LogP contribution is -2.40. The van der Waals surface area contributed by atoms with Crippen LogP contribution in [0.1, 0.15) is 43.7 Å². The second kappa shape index (κ2) is 3.83. The summed E-state index contributed by atoms with van der Waals surface area (Å²) in [4.78, 5) is 12.5. The molecule has 0 unspecified atom stereocenters. The minimum atomic E-state index is -0.194. The second-order valence-electron chi connectivity index (χ2n) is 5.25. The predicted molar refractivity (Wildman–Crippen MR) is 69.8 cm³/mol. The molecular formula is C16H18O. The highest BCUT2D eigenvalue weighted by Gasteiger charge is 2.49. The molecule has 2 aliphatic carbocycles. The standard InChI is InChI=1S/C16H18O/c1-2-13-7-5-11-16(13)14-8-4-3-6-12(14)9-10-15(16)17/h3-4,6,8-10,13H,2,5,7,11H2,1H3/t13-,16+/m0/s1. The van der Waals surface area contributed by atoms with Crippen molar-refractivity contribution in [2.45, 2.75) is 38.0 Å². The molecule has 1 aromatic rings. The van der Waals surface area contributed by atoms with Gasteiger partial charge in [-0.2, -0.15) is 0 Å². The van der Waals surface area contributed by atoms with E-state index in [1.807, 2.05) is 6.08 Å². The summed E-state index contributed by atoms with van der Waals surface area (Å²) in [7, 11) is 0. The van der Waals surface area contributed by atoms with Gasteiger partial charge in [-0.05, 0) is 36.0 Å². The maximum Gasteiger partial charge on any atom is 0.166 e. The third kappa shape index (κ3) is 1.35. The fraction of sp³-hybridized carbons (Fsp3) is 0.438. The first kappa shape index (κ1) is 10.8. The van der Waals surface area contributed by atoms with Crippen molar-refractivity contribution in [2.24, 2.45) is 5.92 Å². The SMILES string of the molecule is CC[C@H]1CCC[C@@]12C(=O)C=Cc1ccccc12. The molecule has 3 rings (SSSR count). The molecule has 17 heavy (non-hydrogen) atoms. The van der Waals surface area contributed by atoms with Crippen molar-refractivity contribution in [3.05, 3.63) is 41.5 Å². The van der Waals surface area contributed by atoms with Crippen LogP contribution < -0.4 is 0 Å². The number of allylic oxidation sites excluding steroid dienone is 1. The number of benzene rings is 1. The highest BCUT2D eigenvalue weighted by atomic mass is 16.1. The van der Waals surface area contributed by atoms with E-state index >= 15 is 0 Å². The van der Waals surface area contributed by atoms with E-state index in [4.69, 9.17) is 0 Å². The molecule has 88 valence electrons. The number of hydrogen-bond donors (Lipinski definition) is 0. The largest absolute Gasteiger partial charge is 0.294 e. The van der Waals surface area contributed by atoms with Gasteiger partial charge < -0.3 is 0 Å². The molecule has 1 nitrogen and oxygen atoms in total. The first-order valence-electron chi connectivity index (χ1n) is 6.61. The van der Waals surface area contributed by atoms with Crippen molar-refractivity contribution in [1.82, 2.24) is 0 Å². The van der Waals surface area contributed by atoms with Crippen LogP contribution in [0.15, 0.2) is 30.3 Å². The third-order valence-corrected chi connectivity index (χ3v) is 4.61. The van der Waals surface area contributed by atoms with Gasteiger partial charge in [0.2, 0.25) is 0 Å². The van der Waals surface area contributed by atoms with Crippen LogP contribution in [0.25, 0.3) is 6.08 Å². The Morgan fingerprint density at radius 3 is 2.94 bits per heavy atom. The summed E-state index contributed by atoms with van der Waals surface area (Å²) in [5.74, 6) is 0.863. The Labute approximate surface area is 103 Å². The lowest BCUT2D eigenvalue weighted by atomic mass is 9.65. The number of fused-ring (bicyclic) bond motifs is 2. The Bertz CT molecular complexity index is 486. The van der Waals surface area contributed by atoms with Crippen LogP contribution in [-0.4, -0.2) is 5.78 Å². The second-order valence-corrected chi connectivity index (χ2v) is 5.25. The van der Waals surface area contributed by atoms with E-state index < -0.39 is 0 Å². The molecule has 1 fully saturated rings. The van der Waals surface area contributed by atoms with Crippen molar-refractivity contribution >= 4 is 11.9 Å². The van der Waals surface area contributed by atoms with Crippen LogP contribution in [-0.2, 0) is 10.2 Å². The van der Waals surface area contributed by atoms with Crippen LogP contribution in [0.2, 0.25) is 0 Å². The summed E-state index contributed by atoms with van der Waals surface area (Å²) in [6.45, 7) is 2.21. The van der Waals surface area contributed by atoms with E-state index in [2.05, 4.69) is 31.2 Å². The average molecular weight is 226 g/mol. The molecule has 0 saturated heterocycles. The van der Waals surface area contributed by atoms with E-state index in [1.165, 1.54) is 24.0 Å². The van der Waals surface area contributed by atoms with Crippen molar-refractivity contribution in [3.8, 4) is 0 Å². The van der Waals surface area contributed by atoms with Crippen molar-refractivity contribution in [2.75, 3.05) is 0 Å². The first-order chi connectivity index (χ1) is 8.29. The predicted octanol–water partition coefficient (Wildman–Crippen LogP) is 3.73. The van der Waals surface area contributed by atoms with Crippen LogP contribution in [0.3, 0.4) is 0 Å². The van der Waals surface area contributed by atoms with E-state index in [-0.39, 0.29) is 5.41 Å². The number of hydrogen-bond acceptors (Lipinski definition) is 1. The fourth-order valence-corrected chi connectivity index (χ4v) is 3.80. The van der Waals surface area contributed by atoms with Gasteiger partial charge >= 0.3 is 0 Å². The molecule has 0 amide bonds. The Morgan fingerprint density at radius 2 is 2.12 bits per heavy atom. The Balaban J connectivity index is 2.21. The van der Waals surface area contributed by atoms with Gasteiger partial charge in [-0.1, -0.05) is 50.1 Å². The monoisotopic (exact) mass is 226 g/mol. The van der Waals surface area contributed by atoms with E-state index in [1.54, 1.807) is 6.08 Å². The topological polar surface area (TPSA) is 17.1 Å². The molecule has 0 aromatic heterocycles. The molecular weight excluding hydrogens is 208 g/mol. The lowest BCUT2D eigenvalue weighted by Gasteiger charge is -2.36. The molecule has 2 aliphatic rings. The van der Waals surface area contributed by atoms with E-state index in [9.17, 15) is 4.79 Å². The maximum absolute atomic E-state index is 12.5. The van der Waals surface area contributed by atoms with Crippen LogP contribution in [0.4, 0.5) is 0 Å². The molecule has 0 bridgehead atoms. The van der Waals surface area contributed by atoms with Crippen LogP contribution in [0.5, 0.6) is 0 Å². The molecule has 1 saturated carbocycles. The van der Waals surface area contributed by atoms with Crippen molar-refractivity contribution in [3.63, 3.8) is 0 Å². The normalized spacial score (nSPS) is 30.9. The van der Waals surface area contributed by atoms with Gasteiger partial charge in [-0.3, -0.25) is 4.79 Å². The summed E-state index contributed by atoms with van der Waals surface area (Å²) in [5.41, 5.74) is 2.32. The maximum atomic E-state index is 12.5. The molecule has 1 aromatic carbocycles. The van der Waals surface area contributed by atoms with Gasteiger partial charge in [0.15, 0.2) is 5.78 Å². The van der Waals surface area contributed by atoms with Crippen LogP contribution in [0, 0.1) is 5.92 Å². The van der Waals surface area contributed by atoms with Crippen LogP contribution >= 0.6 is 0 Å². The molecule has 0 radical (unpaired) electrons. The Morgan fingerprint density at radius 1 is 1.29 bits per heavy atom. The fourth-order valence-electron chi connectivity index (χ4n) is 3.80. The summed E-state index contributed by atoms with van der Waals surface area (Å²) in [6, 6.07) is 8.41. The summed E-state index contributed by atoms with van der Waals surface area (Å²) in [5, 5.41) is 0.